The van der Waals surface area contributed by atoms with E-state index >= 15 is 0 Å². The van der Waals surface area contributed by atoms with Crippen LogP contribution in [0, 0.1) is 6.92 Å². The highest BCUT2D eigenvalue weighted by Crippen LogP contribution is 2.19. The number of nitrogens with one attached hydrogen (secondary N) is 1. The quantitative estimate of drug-likeness (QED) is 0.624. The van der Waals surface area contributed by atoms with Crippen molar-refractivity contribution in [1.29, 1.82) is 0 Å². The van der Waals surface area contributed by atoms with Gasteiger partial charge in [-0.3, -0.25) is 0 Å². The third-order valence-corrected chi connectivity index (χ3v) is 4.14. The van der Waals surface area contributed by atoms with Crippen LogP contribution in [0.3, 0.4) is 0 Å². The molecule has 0 aliphatic carbocycles. The van der Waals surface area contributed by atoms with E-state index < -0.39 is 10.0 Å². The summed E-state index contributed by atoms with van der Waals surface area (Å²) in [6.07, 6.45) is 2.58. The van der Waals surface area contributed by atoms with Gasteiger partial charge in [0.25, 0.3) is 0 Å². The molecule has 0 saturated carbocycles. The first kappa shape index (κ1) is 16.3. The summed E-state index contributed by atoms with van der Waals surface area (Å²) in [5, 5.41) is 0. The number of aryl methyl sites for hydroxylation is 3. The van der Waals surface area contributed by atoms with Crippen molar-refractivity contribution < 1.29 is 8.42 Å². The Morgan fingerprint density at radius 2 is 2.14 bits per heavy atom. The normalized spacial score (nSPS) is 12.1. The summed E-state index contributed by atoms with van der Waals surface area (Å²) in [5.74, 6) is 1.47. The van der Waals surface area contributed by atoms with Crippen LogP contribution in [0.4, 0.5) is 0 Å². The van der Waals surface area contributed by atoms with Gasteiger partial charge in [0.2, 0.25) is 10.0 Å². The lowest BCUT2D eigenvalue weighted by atomic mass is 10.2. The highest BCUT2D eigenvalue weighted by atomic mass is 35.5. The molecule has 7 heteroatoms. The highest BCUT2D eigenvalue weighted by Gasteiger charge is 2.10. The Bertz CT molecular complexity index is 725. The number of imidazole rings is 1. The molecule has 5 nitrogen and oxygen atoms in total. The number of halogens is 1. The minimum absolute atomic E-state index is 0.421. The predicted molar refractivity (Wildman–Crippen MR) is 86.4 cm³/mol. The van der Waals surface area contributed by atoms with Crippen LogP contribution in [0.15, 0.2) is 18.2 Å². The van der Waals surface area contributed by atoms with Crippen molar-refractivity contribution in [1.82, 2.24) is 14.3 Å². The lowest BCUT2D eigenvalue weighted by molar-refractivity contribution is 0.574. The third kappa shape index (κ3) is 4.43. The number of rotatable bonds is 7. The molecule has 1 aromatic carbocycles. The molecular weight excluding hydrogens is 310 g/mol. The molecule has 1 aromatic heterocycles. The molecular formula is C14H20ClN3O2S. The van der Waals surface area contributed by atoms with Crippen molar-refractivity contribution in [2.75, 3.05) is 18.7 Å². The number of benzene rings is 1. The van der Waals surface area contributed by atoms with Gasteiger partial charge in [0, 0.05) is 25.4 Å². The molecule has 0 radical (unpaired) electrons. The molecule has 0 spiro atoms. The van der Waals surface area contributed by atoms with Gasteiger partial charge in [0.05, 0.1) is 17.3 Å². The van der Waals surface area contributed by atoms with E-state index in [0.29, 0.717) is 31.8 Å². The molecule has 0 atom stereocenters. The number of aromatic nitrogens is 2. The highest BCUT2D eigenvalue weighted by molar-refractivity contribution is 7.88. The van der Waals surface area contributed by atoms with Gasteiger partial charge in [0.1, 0.15) is 5.82 Å². The summed E-state index contributed by atoms with van der Waals surface area (Å²) in [4.78, 5) is 4.63. The second-order valence-corrected chi connectivity index (χ2v) is 7.34. The van der Waals surface area contributed by atoms with Crippen LogP contribution in [-0.2, 0) is 23.0 Å². The first-order valence-corrected chi connectivity index (χ1v) is 9.29. The zero-order valence-electron chi connectivity index (χ0n) is 12.3. The number of hydrogen-bond donors (Lipinski definition) is 1. The van der Waals surface area contributed by atoms with Crippen molar-refractivity contribution >= 4 is 32.7 Å². The fraction of sp³-hybridized carbons (Fsp3) is 0.500. The largest absolute Gasteiger partial charge is 0.328 e. The Balaban J connectivity index is 2.18. The molecule has 116 valence electrons. The summed E-state index contributed by atoms with van der Waals surface area (Å²) in [7, 11) is -3.13. The molecule has 2 rings (SSSR count). The van der Waals surface area contributed by atoms with Gasteiger partial charge in [-0.15, -0.1) is 11.6 Å². The summed E-state index contributed by atoms with van der Waals surface area (Å²) in [5.41, 5.74) is 3.20. The number of hydrogen-bond acceptors (Lipinski definition) is 3. The van der Waals surface area contributed by atoms with Crippen molar-refractivity contribution in [3.05, 3.63) is 29.6 Å². The maximum atomic E-state index is 11.1. The summed E-state index contributed by atoms with van der Waals surface area (Å²) >= 11 is 5.84. The van der Waals surface area contributed by atoms with Crippen molar-refractivity contribution in [3.63, 3.8) is 0 Å². The molecule has 21 heavy (non-hydrogen) atoms. The second kappa shape index (κ2) is 6.77. The van der Waals surface area contributed by atoms with Gasteiger partial charge in [-0.25, -0.2) is 18.1 Å². The standard InChI is InChI=1S/C14H20ClN3O2S/c1-11-4-5-13-12(10-11)17-14(6-7-15)18(13)9-3-8-16-21(2,19)20/h4-5,10,16H,3,6-9H2,1-2H3. The lowest BCUT2D eigenvalue weighted by Gasteiger charge is -2.09. The van der Waals surface area contributed by atoms with Gasteiger partial charge >= 0.3 is 0 Å². The van der Waals surface area contributed by atoms with Crippen LogP contribution in [-0.4, -0.2) is 36.6 Å². The fourth-order valence-corrected chi connectivity index (χ4v) is 2.99. The summed E-state index contributed by atoms with van der Waals surface area (Å²) in [6, 6.07) is 6.16. The second-order valence-electron chi connectivity index (χ2n) is 5.13. The van der Waals surface area contributed by atoms with E-state index in [1.807, 2.05) is 6.92 Å². The zero-order valence-corrected chi connectivity index (χ0v) is 13.8. The molecule has 1 N–H and O–H groups in total. The van der Waals surface area contributed by atoms with E-state index in [4.69, 9.17) is 11.6 Å². The third-order valence-electron chi connectivity index (χ3n) is 3.22. The molecule has 0 fully saturated rings. The van der Waals surface area contributed by atoms with E-state index in [-0.39, 0.29) is 0 Å². The van der Waals surface area contributed by atoms with Crippen LogP contribution in [0.5, 0.6) is 0 Å². The maximum Gasteiger partial charge on any atom is 0.208 e. The van der Waals surface area contributed by atoms with Crippen LogP contribution in [0.2, 0.25) is 0 Å². The molecule has 2 aromatic rings. The number of alkyl halides is 1. The van der Waals surface area contributed by atoms with Crippen molar-refractivity contribution in [2.45, 2.75) is 26.3 Å². The molecule has 1 heterocycles. The lowest BCUT2D eigenvalue weighted by Crippen LogP contribution is -2.24. The number of fused-ring (bicyclic) bond motifs is 1. The SMILES string of the molecule is Cc1ccc2c(c1)nc(CCCl)n2CCCNS(C)(=O)=O. The Hall–Kier alpha value is -1.11. The molecule has 0 bridgehead atoms. The van der Waals surface area contributed by atoms with Crippen LogP contribution in [0.1, 0.15) is 17.8 Å². The molecule has 0 saturated heterocycles. The number of nitrogens with zero attached hydrogens (tertiary/aromatic N) is 2. The van der Waals surface area contributed by atoms with E-state index in [0.717, 1.165) is 16.9 Å². The zero-order chi connectivity index (χ0) is 15.5. The minimum atomic E-state index is -3.13. The molecule has 0 amide bonds. The van der Waals surface area contributed by atoms with Gasteiger partial charge in [-0.05, 0) is 31.0 Å². The topological polar surface area (TPSA) is 64.0 Å². The summed E-state index contributed by atoms with van der Waals surface area (Å²) in [6.45, 7) is 3.18. The Morgan fingerprint density at radius 1 is 1.38 bits per heavy atom. The van der Waals surface area contributed by atoms with Crippen molar-refractivity contribution in [3.8, 4) is 0 Å². The Morgan fingerprint density at radius 3 is 2.81 bits per heavy atom. The van der Waals surface area contributed by atoms with Crippen LogP contribution < -0.4 is 4.72 Å². The minimum Gasteiger partial charge on any atom is -0.328 e. The van der Waals surface area contributed by atoms with Crippen LogP contribution >= 0.6 is 11.6 Å². The maximum absolute atomic E-state index is 11.1. The van der Waals surface area contributed by atoms with Gasteiger partial charge in [0.15, 0.2) is 0 Å². The van der Waals surface area contributed by atoms with Gasteiger partial charge in [-0.2, -0.15) is 0 Å². The Kier molecular flexibility index (Phi) is 5.24. The predicted octanol–water partition coefficient (Wildman–Crippen LogP) is 2.07. The first-order valence-electron chi connectivity index (χ1n) is 6.87. The smallest absolute Gasteiger partial charge is 0.208 e. The summed E-state index contributed by atoms with van der Waals surface area (Å²) < 4.78 is 26.8. The van der Waals surface area contributed by atoms with Gasteiger partial charge in [-0.1, -0.05) is 6.07 Å². The van der Waals surface area contributed by atoms with Crippen molar-refractivity contribution in [2.24, 2.45) is 0 Å². The fourth-order valence-electron chi connectivity index (χ4n) is 2.31. The van der Waals surface area contributed by atoms with E-state index in [2.05, 4.69) is 32.5 Å². The number of sulfonamides is 1. The first-order chi connectivity index (χ1) is 9.90. The molecule has 0 unspecified atom stereocenters. The van der Waals surface area contributed by atoms with E-state index in [1.54, 1.807) is 0 Å². The monoisotopic (exact) mass is 329 g/mol. The Labute approximate surface area is 130 Å². The average Bonchev–Trinajstić information content (AvgIpc) is 2.71. The van der Waals surface area contributed by atoms with Crippen LogP contribution in [0.25, 0.3) is 11.0 Å². The molecule has 0 aliphatic heterocycles. The molecule has 0 aliphatic rings. The van der Waals surface area contributed by atoms with Gasteiger partial charge < -0.3 is 4.57 Å². The van der Waals surface area contributed by atoms with E-state index in [1.165, 1.54) is 11.8 Å². The average molecular weight is 330 g/mol. The van der Waals surface area contributed by atoms with E-state index in [9.17, 15) is 8.42 Å².